The molecule has 0 spiro atoms. The van der Waals surface area contributed by atoms with Crippen LogP contribution in [0.25, 0.3) is 0 Å². The number of esters is 1. The monoisotopic (exact) mass is 331 g/mol. The summed E-state index contributed by atoms with van der Waals surface area (Å²) in [6, 6.07) is 0. The van der Waals surface area contributed by atoms with E-state index < -0.39 is 0 Å². The van der Waals surface area contributed by atoms with E-state index in [1.54, 1.807) is 7.11 Å². The van der Waals surface area contributed by atoms with Crippen LogP contribution in [0.2, 0.25) is 0 Å². The molecule has 2 bridgehead atoms. The molecule has 0 aromatic heterocycles. The number of methoxy groups -OCH3 is 1. The van der Waals surface area contributed by atoms with E-state index in [1.807, 2.05) is 0 Å². The van der Waals surface area contributed by atoms with E-state index in [0.29, 0.717) is 13.2 Å². The van der Waals surface area contributed by atoms with Crippen LogP contribution < -0.4 is 5.32 Å². The number of alkyl halides is 1. The van der Waals surface area contributed by atoms with Gasteiger partial charge in [0.15, 0.2) is 0 Å². The van der Waals surface area contributed by atoms with Gasteiger partial charge in [-0.1, -0.05) is 15.9 Å². The predicted molar refractivity (Wildman–Crippen MR) is 70.7 cm³/mol. The summed E-state index contributed by atoms with van der Waals surface area (Å²) in [5, 5.41) is 2.92. The summed E-state index contributed by atoms with van der Waals surface area (Å²) in [6.45, 7) is 1.23. The summed E-state index contributed by atoms with van der Waals surface area (Å²) in [6.07, 6.45) is 1.70. The molecule has 6 heteroatoms. The molecule has 5 nitrogen and oxygen atoms in total. The minimum absolute atomic E-state index is 0.00430. The third-order valence-electron chi connectivity index (χ3n) is 4.65. The topological polar surface area (TPSA) is 64.6 Å². The number of hydrogen-bond acceptors (Lipinski definition) is 4. The van der Waals surface area contributed by atoms with E-state index in [2.05, 4.69) is 21.2 Å². The molecule has 106 valence electrons. The lowest BCUT2D eigenvalue weighted by Gasteiger charge is -2.27. The molecule has 2 saturated carbocycles. The van der Waals surface area contributed by atoms with Crippen molar-refractivity contribution in [1.82, 2.24) is 5.32 Å². The van der Waals surface area contributed by atoms with Crippen LogP contribution >= 0.6 is 15.9 Å². The molecule has 3 aliphatic rings. The molecule has 1 amide bonds. The number of carbonyl (C=O) groups is 2. The van der Waals surface area contributed by atoms with Crippen molar-refractivity contribution >= 4 is 27.8 Å². The summed E-state index contributed by atoms with van der Waals surface area (Å²) >= 11 is 3.60. The molecule has 3 rings (SSSR count). The highest BCUT2D eigenvalue weighted by Gasteiger charge is 2.67. The molecular formula is C13H18BrNO4. The average Bonchev–Trinajstić information content (AvgIpc) is 2.98. The van der Waals surface area contributed by atoms with Crippen molar-refractivity contribution in [3.63, 3.8) is 0 Å². The quantitative estimate of drug-likeness (QED) is 0.458. The van der Waals surface area contributed by atoms with Gasteiger partial charge in [-0.05, 0) is 18.8 Å². The second kappa shape index (κ2) is 5.05. The van der Waals surface area contributed by atoms with E-state index in [1.165, 1.54) is 0 Å². The standard InChI is InChI=1S/C13H18BrNO4/c1-18-4-2-3-15-12(16)8-6-5-7-9(8)13(17)19-11(7)10(6)14/h6-11H,2-5H2,1H3,(H,15,16)/t6-,7-,8-,9-,10+,11+/m1/s1. The van der Waals surface area contributed by atoms with Crippen LogP contribution in [0.5, 0.6) is 0 Å². The van der Waals surface area contributed by atoms with Gasteiger partial charge in [0.1, 0.15) is 6.10 Å². The van der Waals surface area contributed by atoms with Crippen molar-refractivity contribution in [2.75, 3.05) is 20.3 Å². The highest BCUT2D eigenvalue weighted by Crippen LogP contribution is 2.59. The fourth-order valence-corrected chi connectivity index (χ4v) is 4.92. The third-order valence-corrected chi connectivity index (χ3v) is 5.85. The van der Waals surface area contributed by atoms with Crippen LogP contribution in [-0.4, -0.2) is 43.1 Å². The lowest BCUT2D eigenvalue weighted by Crippen LogP contribution is -2.43. The molecule has 6 atom stereocenters. The van der Waals surface area contributed by atoms with Crippen LogP contribution in [0, 0.1) is 23.7 Å². The Morgan fingerprint density at radius 3 is 3.05 bits per heavy atom. The van der Waals surface area contributed by atoms with E-state index in [0.717, 1.165) is 12.8 Å². The Bertz CT molecular complexity index is 402. The molecule has 1 heterocycles. The normalized spacial score (nSPS) is 42.5. The molecule has 1 aliphatic heterocycles. The van der Waals surface area contributed by atoms with Crippen LogP contribution in [0.1, 0.15) is 12.8 Å². The predicted octanol–water partition coefficient (Wildman–Crippen LogP) is 0.710. The van der Waals surface area contributed by atoms with Crippen molar-refractivity contribution < 1.29 is 19.1 Å². The van der Waals surface area contributed by atoms with Gasteiger partial charge in [-0.2, -0.15) is 0 Å². The first-order valence-corrected chi connectivity index (χ1v) is 7.68. The molecule has 19 heavy (non-hydrogen) atoms. The lowest BCUT2D eigenvalue weighted by molar-refractivity contribution is -0.145. The molecule has 3 fully saturated rings. The van der Waals surface area contributed by atoms with Gasteiger partial charge in [0, 0.05) is 26.2 Å². The SMILES string of the molecule is COCCCNC(=O)[C@@H]1[C@H]2C[C@H]3[C@H](OC(=O)[C@H]31)[C@H]2Br. The number of carbonyl (C=O) groups excluding carboxylic acids is 2. The highest BCUT2D eigenvalue weighted by molar-refractivity contribution is 9.09. The smallest absolute Gasteiger partial charge is 0.310 e. The summed E-state index contributed by atoms with van der Waals surface area (Å²) < 4.78 is 10.3. The number of rotatable bonds is 5. The minimum atomic E-state index is -0.219. The van der Waals surface area contributed by atoms with E-state index in [9.17, 15) is 9.59 Å². The van der Waals surface area contributed by atoms with E-state index in [4.69, 9.17) is 9.47 Å². The zero-order valence-corrected chi connectivity index (χ0v) is 12.4. The average molecular weight is 332 g/mol. The summed E-state index contributed by atoms with van der Waals surface area (Å²) in [7, 11) is 1.64. The van der Waals surface area contributed by atoms with Crippen molar-refractivity contribution in [2.24, 2.45) is 23.7 Å². The molecule has 1 saturated heterocycles. The molecule has 1 N–H and O–H groups in total. The van der Waals surface area contributed by atoms with Gasteiger partial charge >= 0.3 is 5.97 Å². The Balaban J connectivity index is 1.65. The van der Waals surface area contributed by atoms with Gasteiger partial charge in [-0.25, -0.2) is 0 Å². The van der Waals surface area contributed by atoms with Gasteiger partial charge in [-0.3, -0.25) is 9.59 Å². The maximum absolute atomic E-state index is 12.3. The Hall–Kier alpha value is -0.620. The zero-order valence-electron chi connectivity index (χ0n) is 10.8. The Morgan fingerprint density at radius 1 is 1.53 bits per heavy atom. The zero-order chi connectivity index (χ0) is 13.6. The Kier molecular flexibility index (Phi) is 3.55. The summed E-state index contributed by atoms with van der Waals surface area (Å²) in [5.74, 6) is -0.160. The van der Waals surface area contributed by atoms with Crippen LogP contribution in [0.3, 0.4) is 0 Å². The van der Waals surface area contributed by atoms with Gasteiger partial charge < -0.3 is 14.8 Å². The molecular weight excluding hydrogens is 314 g/mol. The summed E-state index contributed by atoms with van der Waals surface area (Å²) in [5.41, 5.74) is 0. The first-order chi connectivity index (χ1) is 9.15. The van der Waals surface area contributed by atoms with Crippen LogP contribution in [0.4, 0.5) is 0 Å². The van der Waals surface area contributed by atoms with Gasteiger partial charge in [-0.15, -0.1) is 0 Å². The lowest BCUT2D eigenvalue weighted by atomic mass is 9.79. The van der Waals surface area contributed by atoms with Crippen molar-refractivity contribution in [3.05, 3.63) is 0 Å². The molecule has 0 unspecified atom stereocenters. The van der Waals surface area contributed by atoms with Crippen molar-refractivity contribution in [3.8, 4) is 0 Å². The first-order valence-electron chi connectivity index (χ1n) is 6.76. The van der Waals surface area contributed by atoms with Crippen molar-refractivity contribution in [2.45, 2.75) is 23.8 Å². The van der Waals surface area contributed by atoms with Gasteiger partial charge in [0.05, 0.1) is 16.7 Å². The van der Waals surface area contributed by atoms with E-state index in [-0.39, 0.29) is 46.5 Å². The largest absolute Gasteiger partial charge is 0.461 e. The van der Waals surface area contributed by atoms with Gasteiger partial charge in [0.25, 0.3) is 0 Å². The minimum Gasteiger partial charge on any atom is -0.461 e. The molecule has 2 aliphatic carbocycles. The van der Waals surface area contributed by atoms with E-state index >= 15 is 0 Å². The highest BCUT2D eigenvalue weighted by atomic mass is 79.9. The fraction of sp³-hybridized carbons (Fsp3) is 0.846. The van der Waals surface area contributed by atoms with Gasteiger partial charge in [0.2, 0.25) is 5.91 Å². The second-order valence-corrected chi connectivity index (χ2v) is 6.66. The van der Waals surface area contributed by atoms with Crippen molar-refractivity contribution in [1.29, 1.82) is 0 Å². The Morgan fingerprint density at radius 2 is 2.32 bits per heavy atom. The number of halogens is 1. The first kappa shape index (κ1) is 13.4. The van der Waals surface area contributed by atoms with Crippen LogP contribution in [0.15, 0.2) is 0 Å². The Labute approximate surface area is 120 Å². The number of fused-ring (bicyclic) bond motifs is 1. The summed E-state index contributed by atoms with van der Waals surface area (Å²) in [4.78, 5) is 24.3. The second-order valence-electron chi connectivity index (χ2n) is 5.60. The number of nitrogens with one attached hydrogen (secondary N) is 1. The molecule has 0 aromatic rings. The number of ether oxygens (including phenoxy) is 2. The number of hydrogen-bond donors (Lipinski definition) is 1. The fourth-order valence-electron chi connectivity index (χ4n) is 3.88. The maximum atomic E-state index is 12.3. The number of amides is 1. The molecule has 0 radical (unpaired) electrons. The third kappa shape index (κ3) is 2.00. The van der Waals surface area contributed by atoms with Crippen LogP contribution in [-0.2, 0) is 19.1 Å². The maximum Gasteiger partial charge on any atom is 0.310 e. The molecule has 0 aromatic carbocycles.